The Morgan fingerprint density at radius 3 is 2.53 bits per heavy atom. The molecule has 0 atom stereocenters. The highest BCUT2D eigenvalue weighted by atomic mass is 32.2. The van der Waals surface area contributed by atoms with E-state index in [1.54, 1.807) is 0 Å². The zero-order valence-corrected chi connectivity index (χ0v) is 11.2. The van der Waals surface area contributed by atoms with Crippen LogP contribution in [0.15, 0.2) is 4.42 Å². The molecule has 0 aliphatic heterocycles. The summed E-state index contributed by atoms with van der Waals surface area (Å²) in [6.45, 7) is 5.49. The molecule has 0 aliphatic rings. The molecule has 7 heteroatoms. The van der Waals surface area contributed by atoms with Gasteiger partial charge in [0.2, 0.25) is 15.9 Å². The van der Waals surface area contributed by atoms with Gasteiger partial charge in [0.15, 0.2) is 0 Å². The second kappa shape index (κ2) is 6.13. The predicted octanol–water partition coefficient (Wildman–Crippen LogP) is 0.320. The Morgan fingerprint density at radius 1 is 1.29 bits per heavy atom. The first-order valence-corrected chi connectivity index (χ1v) is 7.36. The molecule has 0 fully saturated rings. The SMILES string of the molecule is Cc1nc(CNCCCNS(C)(=O)=O)oc1C. The number of hydrogen-bond acceptors (Lipinski definition) is 5. The normalized spacial score (nSPS) is 11.9. The summed E-state index contributed by atoms with van der Waals surface area (Å²) in [7, 11) is -3.07. The van der Waals surface area contributed by atoms with E-state index >= 15 is 0 Å². The maximum absolute atomic E-state index is 10.8. The second-order valence-corrected chi connectivity index (χ2v) is 5.78. The van der Waals surface area contributed by atoms with E-state index in [-0.39, 0.29) is 0 Å². The van der Waals surface area contributed by atoms with Crippen molar-refractivity contribution < 1.29 is 12.8 Å². The van der Waals surface area contributed by atoms with E-state index in [0.29, 0.717) is 25.5 Å². The number of rotatable bonds is 7. The quantitative estimate of drug-likeness (QED) is 0.691. The summed E-state index contributed by atoms with van der Waals surface area (Å²) in [4.78, 5) is 4.23. The average Bonchev–Trinajstić information content (AvgIpc) is 2.50. The van der Waals surface area contributed by atoms with E-state index < -0.39 is 10.0 Å². The van der Waals surface area contributed by atoms with Crippen molar-refractivity contribution in [2.75, 3.05) is 19.3 Å². The lowest BCUT2D eigenvalue weighted by atomic mass is 10.4. The summed E-state index contributed by atoms with van der Waals surface area (Å²) in [5.41, 5.74) is 0.903. The standard InChI is InChI=1S/C10H19N3O3S/c1-8-9(2)16-10(13-8)7-11-5-4-6-12-17(3,14)15/h11-12H,4-7H2,1-3H3. The summed E-state index contributed by atoms with van der Waals surface area (Å²) in [6, 6.07) is 0. The van der Waals surface area contributed by atoms with Crippen molar-refractivity contribution in [3.8, 4) is 0 Å². The van der Waals surface area contributed by atoms with E-state index in [0.717, 1.165) is 24.1 Å². The van der Waals surface area contributed by atoms with Crippen LogP contribution in [0.1, 0.15) is 23.8 Å². The molecule has 0 aromatic carbocycles. The van der Waals surface area contributed by atoms with E-state index in [9.17, 15) is 8.42 Å². The van der Waals surface area contributed by atoms with Gasteiger partial charge in [-0.2, -0.15) is 0 Å². The molecule has 0 radical (unpaired) electrons. The summed E-state index contributed by atoms with van der Waals surface area (Å²) in [6.07, 6.45) is 1.88. The fourth-order valence-electron chi connectivity index (χ4n) is 1.28. The number of aromatic nitrogens is 1. The van der Waals surface area contributed by atoms with Gasteiger partial charge in [0.25, 0.3) is 0 Å². The molecule has 1 rings (SSSR count). The fraction of sp³-hybridized carbons (Fsp3) is 0.700. The molecule has 1 aromatic rings. The molecular weight excluding hydrogens is 242 g/mol. The maximum Gasteiger partial charge on any atom is 0.208 e. The van der Waals surface area contributed by atoms with Crippen molar-refractivity contribution in [3.05, 3.63) is 17.3 Å². The Morgan fingerprint density at radius 2 is 2.00 bits per heavy atom. The van der Waals surface area contributed by atoms with Gasteiger partial charge in [-0.15, -0.1) is 0 Å². The summed E-state index contributed by atoms with van der Waals surface area (Å²) in [5.74, 6) is 1.50. The predicted molar refractivity (Wildman–Crippen MR) is 65.1 cm³/mol. The van der Waals surface area contributed by atoms with Gasteiger partial charge in [0.1, 0.15) is 5.76 Å². The van der Waals surface area contributed by atoms with Gasteiger partial charge in [-0.3, -0.25) is 0 Å². The minimum atomic E-state index is -3.07. The minimum absolute atomic E-state index is 0.440. The van der Waals surface area contributed by atoms with Crippen molar-refractivity contribution in [2.24, 2.45) is 0 Å². The smallest absolute Gasteiger partial charge is 0.208 e. The molecule has 0 spiro atoms. The highest BCUT2D eigenvalue weighted by Crippen LogP contribution is 2.07. The van der Waals surface area contributed by atoms with Gasteiger partial charge >= 0.3 is 0 Å². The van der Waals surface area contributed by atoms with Crippen molar-refractivity contribution in [2.45, 2.75) is 26.8 Å². The first kappa shape index (κ1) is 14.1. The molecule has 6 nitrogen and oxygen atoms in total. The summed E-state index contributed by atoms with van der Waals surface area (Å²) < 4.78 is 29.4. The zero-order valence-electron chi connectivity index (χ0n) is 10.4. The van der Waals surface area contributed by atoms with E-state index in [1.165, 1.54) is 0 Å². The lowest BCUT2D eigenvalue weighted by molar-refractivity contribution is 0.447. The molecule has 0 saturated heterocycles. The molecule has 0 amide bonds. The van der Waals surface area contributed by atoms with Crippen LogP contribution < -0.4 is 10.0 Å². The van der Waals surface area contributed by atoms with Gasteiger partial charge in [-0.25, -0.2) is 18.1 Å². The Balaban J connectivity index is 2.12. The Kier molecular flexibility index (Phi) is 5.10. The molecule has 0 bridgehead atoms. The van der Waals surface area contributed by atoms with Crippen LogP contribution in [0.5, 0.6) is 0 Å². The van der Waals surface area contributed by atoms with Crippen LogP contribution in [0.25, 0.3) is 0 Å². The van der Waals surface area contributed by atoms with Gasteiger partial charge in [0, 0.05) is 6.54 Å². The van der Waals surface area contributed by atoms with Crippen LogP contribution in [-0.2, 0) is 16.6 Å². The Bertz CT molecular complexity index is 434. The van der Waals surface area contributed by atoms with Gasteiger partial charge in [-0.05, 0) is 26.8 Å². The third kappa shape index (κ3) is 5.81. The van der Waals surface area contributed by atoms with E-state index in [4.69, 9.17) is 4.42 Å². The third-order valence-electron chi connectivity index (χ3n) is 2.24. The lowest BCUT2D eigenvalue weighted by Crippen LogP contribution is -2.26. The third-order valence-corrected chi connectivity index (χ3v) is 2.97. The molecular formula is C10H19N3O3S. The number of sulfonamides is 1. The van der Waals surface area contributed by atoms with Crippen LogP contribution in [0.3, 0.4) is 0 Å². The molecule has 0 saturated carbocycles. The van der Waals surface area contributed by atoms with Crippen LogP contribution >= 0.6 is 0 Å². The number of aryl methyl sites for hydroxylation is 2. The minimum Gasteiger partial charge on any atom is -0.444 e. The number of nitrogens with one attached hydrogen (secondary N) is 2. The molecule has 0 unspecified atom stereocenters. The van der Waals surface area contributed by atoms with Gasteiger partial charge in [0.05, 0.1) is 18.5 Å². The van der Waals surface area contributed by atoms with Crippen LogP contribution in [0.2, 0.25) is 0 Å². The first-order chi connectivity index (χ1) is 7.88. The summed E-state index contributed by atoms with van der Waals surface area (Å²) in [5, 5.41) is 3.14. The largest absolute Gasteiger partial charge is 0.444 e. The fourth-order valence-corrected chi connectivity index (χ4v) is 1.80. The topological polar surface area (TPSA) is 84.2 Å². The molecule has 98 valence electrons. The van der Waals surface area contributed by atoms with Crippen LogP contribution in [0.4, 0.5) is 0 Å². The van der Waals surface area contributed by atoms with Gasteiger partial charge < -0.3 is 9.73 Å². The first-order valence-electron chi connectivity index (χ1n) is 5.47. The van der Waals surface area contributed by atoms with Crippen molar-refractivity contribution in [3.63, 3.8) is 0 Å². The molecule has 2 N–H and O–H groups in total. The lowest BCUT2D eigenvalue weighted by Gasteiger charge is -2.03. The van der Waals surface area contributed by atoms with Crippen LogP contribution in [-0.4, -0.2) is 32.7 Å². The molecule has 0 aliphatic carbocycles. The molecule has 1 heterocycles. The second-order valence-electron chi connectivity index (χ2n) is 3.95. The maximum atomic E-state index is 10.8. The Labute approximate surface area is 102 Å². The molecule has 1 aromatic heterocycles. The molecule has 17 heavy (non-hydrogen) atoms. The number of oxazole rings is 1. The van der Waals surface area contributed by atoms with Crippen molar-refractivity contribution in [1.29, 1.82) is 0 Å². The Hall–Kier alpha value is -0.920. The highest BCUT2D eigenvalue weighted by Gasteiger charge is 2.04. The van der Waals surface area contributed by atoms with Crippen molar-refractivity contribution >= 4 is 10.0 Å². The monoisotopic (exact) mass is 261 g/mol. The summed E-state index contributed by atoms with van der Waals surface area (Å²) >= 11 is 0. The van der Waals surface area contributed by atoms with Crippen LogP contribution in [0, 0.1) is 13.8 Å². The van der Waals surface area contributed by atoms with E-state index in [1.807, 2.05) is 13.8 Å². The zero-order chi connectivity index (χ0) is 12.9. The number of nitrogens with zero attached hydrogens (tertiary/aromatic N) is 1. The average molecular weight is 261 g/mol. The highest BCUT2D eigenvalue weighted by molar-refractivity contribution is 7.88. The number of hydrogen-bond donors (Lipinski definition) is 2. The van der Waals surface area contributed by atoms with Gasteiger partial charge in [-0.1, -0.05) is 0 Å². The van der Waals surface area contributed by atoms with Crippen molar-refractivity contribution in [1.82, 2.24) is 15.0 Å². The van der Waals surface area contributed by atoms with E-state index in [2.05, 4.69) is 15.0 Å².